The summed E-state index contributed by atoms with van der Waals surface area (Å²) in [6, 6.07) is 11.5. The number of amides is 2. The Bertz CT molecular complexity index is 852. The molecule has 0 radical (unpaired) electrons. The van der Waals surface area contributed by atoms with Crippen molar-refractivity contribution in [2.24, 2.45) is 0 Å². The lowest BCUT2D eigenvalue weighted by Gasteiger charge is -2.35. The van der Waals surface area contributed by atoms with Crippen molar-refractivity contribution in [2.75, 3.05) is 75.7 Å². The molecule has 4 rings (SSSR count). The van der Waals surface area contributed by atoms with Crippen LogP contribution in [0.2, 0.25) is 0 Å². The van der Waals surface area contributed by atoms with Crippen molar-refractivity contribution in [1.82, 2.24) is 14.7 Å². The maximum Gasteiger partial charge on any atom is 0.289 e. The van der Waals surface area contributed by atoms with Crippen LogP contribution in [0, 0.1) is 0 Å². The maximum absolute atomic E-state index is 12.5. The number of likely N-dealkylation sites (N-methyl/N-ethyl adjacent to an activating group) is 1. The Morgan fingerprint density at radius 2 is 1.58 bits per heavy atom. The highest BCUT2D eigenvalue weighted by Gasteiger charge is 2.24. The molecule has 31 heavy (non-hydrogen) atoms. The molecule has 0 saturated carbocycles. The van der Waals surface area contributed by atoms with Gasteiger partial charge in [0.25, 0.3) is 5.91 Å². The van der Waals surface area contributed by atoms with Crippen LogP contribution in [0.25, 0.3) is 0 Å². The van der Waals surface area contributed by atoms with E-state index >= 15 is 0 Å². The molecule has 0 spiro atoms. The first-order chi connectivity index (χ1) is 15.1. The van der Waals surface area contributed by atoms with Crippen LogP contribution in [-0.4, -0.2) is 92.0 Å². The molecule has 8 heteroatoms. The highest BCUT2D eigenvalue weighted by molar-refractivity contribution is 5.93. The lowest BCUT2D eigenvalue weighted by Crippen LogP contribution is -2.50. The van der Waals surface area contributed by atoms with Gasteiger partial charge in [-0.05, 0) is 42.9 Å². The number of benzene rings is 1. The first kappa shape index (κ1) is 21.4. The number of hydrogen-bond donors (Lipinski definition) is 1. The number of furan rings is 1. The highest BCUT2D eigenvalue weighted by Crippen LogP contribution is 2.19. The monoisotopic (exact) mass is 425 g/mol. The third kappa shape index (κ3) is 5.45. The zero-order chi connectivity index (χ0) is 21.6. The third-order valence-corrected chi connectivity index (χ3v) is 6.09. The topological polar surface area (TPSA) is 72.3 Å². The van der Waals surface area contributed by atoms with E-state index in [1.165, 1.54) is 12.0 Å². The van der Waals surface area contributed by atoms with Crippen molar-refractivity contribution in [3.63, 3.8) is 0 Å². The average molecular weight is 426 g/mol. The Morgan fingerprint density at radius 3 is 2.19 bits per heavy atom. The number of rotatable bonds is 6. The molecular formula is C23H31N5O3. The van der Waals surface area contributed by atoms with Gasteiger partial charge in [-0.25, -0.2) is 0 Å². The van der Waals surface area contributed by atoms with Gasteiger partial charge in [-0.1, -0.05) is 6.92 Å². The van der Waals surface area contributed by atoms with Gasteiger partial charge >= 0.3 is 0 Å². The van der Waals surface area contributed by atoms with Crippen LogP contribution >= 0.6 is 0 Å². The summed E-state index contributed by atoms with van der Waals surface area (Å²) in [6.07, 6.45) is 1.51. The molecule has 1 aromatic heterocycles. The largest absolute Gasteiger partial charge is 0.459 e. The summed E-state index contributed by atoms with van der Waals surface area (Å²) in [6.45, 7) is 10.4. The van der Waals surface area contributed by atoms with Gasteiger partial charge in [0.1, 0.15) is 0 Å². The van der Waals surface area contributed by atoms with Gasteiger partial charge in [0, 0.05) is 63.7 Å². The van der Waals surface area contributed by atoms with Crippen molar-refractivity contribution in [3.05, 3.63) is 48.4 Å². The van der Waals surface area contributed by atoms with E-state index in [9.17, 15) is 9.59 Å². The molecule has 0 bridgehead atoms. The van der Waals surface area contributed by atoms with E-state index in [2.05, 4.69) is 39.1 Å². The minimum atomic E-state index is -0.0923. The van der Waals surface area contributed by atoms with E-state index in [4.69, 9.17) is 4.42 Å². The van der Waals surface area contributed by atoms with Gasteiger partial charge in [-0.2, -0.15) is 0 Å². The molecule has 2 aliphatic rings. The minimum absolute atomic E-state index is 0.0323. The van der Waals surface area contributed by atoms with Crippen molar-refractivity contribution in [1.29, 1.82) is 0 Å². The fourth-order valence-electron chi connectivity index (χ4n) is 4.15. The normalized spacial score (nSPS) is 18.2. The molecule has 1 aromatic carbocycles. The summed E-state index contributed by atoms with van der Waals surface area (Å²) >= 11 is 0. The Hall–Kier alpha value is -2.84. The van der Waals surface area contributed by atoms with Crippen LogP contribution in [-0.2, 0) is 4.79 Å². The Kier molecular flexibility index (Phi) is 6.89. The van der Waals surface area contributed by atoms with Crippen LogP contribution in [0.5, 0.6) is 0 Å². The van der Waals surface area contributed by atoms with Gasteiger partial charge in [-0.3, -0.25) is 14.5 Å². The lowest BCUT2D eigenvalue weighted by atomic mass is 10.2. The summed E-state index contributed by atoms with van der Waals surface area (Å²) < 4.78 is 5.19. The number of hydrogen-bond acceptors (Lipinski definition) is 6. The second kappa shape index (κ2) is 9.98. The second-order valence-corrected chi connectivity index (χ2v) is 8.06. The van der Waals surface area contributed by atoms with Gasteiger partial charge in [0.05, 0.1) is 12.8 Å². The number of nitrogens with zero attached hydrogens (tertiary/aromatic N) is 4. The first-order valence-corrected chi connectivity index (χ1v) is 11.0. The highest BCUT2D eigenvalue weighted by atomic mass is 16.3. The van der Waals surface area contributed by atoms with E-state index in [1.807, 2.05) is 12.1 Å². The zero-order valence-electron chi connectivity index (χ0n) is 18.1. The van der Waals surface area contributed by atoms with Gasteiger partial charge in [-0.15, -0.1) is 0 Å². The molecule has 2 saturated heterocycles. The third-order valence-electron chi connectivity index (χ3n) is 6.09. The molecule has 166 valence electrons. The fourth-order valence-corrected chi connectivity index (χ4v) is 4.15. The molecule has 2 aliphatic heterocycles. The molecule has 8 nitrogen and oxygen atoms in total. The van der Waals surface area contributed by atoms with Gasteiger partial charge < -0.3 is 24.4 Å². The van der Waals surface area contributed by atoms with Crippen LogP contribution in [0.3, 0.4) is 0 Å². The number of nitrogens with one attached hydrogen (secondary N) is 1. The molecule has 0 atom stereocenters. The predicted octanol–water partition coefficient (Wildman–Crippen LogP) is 1.82. The summed E-state index contributed by atoms with van der Waals surface area (Å²) in [7, 11) is 0. The number of anilines is 2. The smallest absolute Gasteiger partial charge is 0.289 e. The molecule has 0 unspecified atom stereocenters. The summed E-state index contributed by atoms with van der Waals surface area (Å²) in [5, 5.41) is 2.99. The van der Waals surface area contributed by atoms with E-state index in [0.717, 1.165) is 38.4 Å². The fraction of sp³-hybridized carbons (Fsp3) is 0.478. The van der Waals surface area contributed by atoms with Crippen LogP contribution in [0.4, 0.5) is 11.4 Å². The molecule has 2 aromatic rings. The number of carbonyl (C=O) groups is 2. The van der Waals surface area contributed by atoms with Crippen LogP contribution < -0.4 is 10.2 Å². The zero-order valence-corrected chi connectivity index (χ0v) is 18.1. The maximum atomic E-state index is 12.5. The first-order valence-electron chi connectivity index (χ1n) is 11.0. The van der Waals surface area contributed by atoms with Crippen molar-refractivity contribution >= 4 is 23.2 Å². The standard InChI is InChI=1S/C23H31N5O3/c1-2-25-9-13-27(14-10-25)20-7-5-19(6-8-20)24-22(29)18-26-11-15-28(16-12-26)23(30)21-4-3-17-31-21/h3-8,17H,2,9-16,18H2,1H3,(H,24,29). The van der Waals surface area contributed by atoms with E-state index in [-0.39, 0.29) is 11.8 Å². The van der Waals surface area contributed by atoms with Crippen molar-refractivity contribution < 1.29 is 14.0 Å². The number of piperazine rings is 2. The summed E-state index contributed by atoms with van der Waals surface area (Å²) in [5.74, 6) is 0.238. The second-order valence-electron chi connectivity index (χ2n) is 8.06. The summed E-state index contributed by atoms with van der Waals surface area (Å²) in [4.78, 5) is 33.5. The molecule has 2 fully saturated rings. The summed E-state index contributed by atoms with van der Waals surface area (Å²) in [5.41, 5.74) is 2.01. The van der Waals surface area contributed by atoms with Crippen LogP contribution in [0.1, 0.15) is 17.5 Å². The quantitative estimate of drug-likeness (QED) is 0.761. The molecule has 3 heterocycles. The van der Waals surface area contributed by atoms with Gasteiger partial charge in [0.2, 0.25) is 5.91 Å². The predicted molar refractivity (Wildman–Crippen MR) is 120 cm³/mol. The van der Waals surface area contributed by atoms with Crippen LogP contribution in [0.15, 0.2) is 47.1 Å². The van der Waals surface area contributed by atoms with E-state index in [0.29, 0.717) is 38.5 Å². The average Bonchev–Trinajstić information content (AvgIpc) is 3.35. The Balaban J connectivity index is 1.21. The lowest BCUT2D eigenvalue weighted by molar-refractivity contribution is -0.117. The molecule has 1 N–H and O–H groups in total. The van der Waals surface area contributed by atoms with E-state index in [1.54, 1.807) is 17.0 Å². The van der Waals surface area contributed by atoms with Crippen molar-refractivity contribution in [2.45, 2.75) is 6.92 Å². The molecule has 0 aliphatic carbocycles. The Morgan fingerprint density at radius 1 is 0.903 bits per heavy atom. The Labute approximate surface area is 183 Å². The number of carbonyl (C=O) groups excluding carboxylic acids is 2. The van der Waals surface area contributed by atoms with Crippen molar-refractivity contribution in [3.8, 4) is 0 Å². The molecular weight excluding hydrogens is 394 g/mol. The minimum Gasteiger partial charge on any atom is -0.459 e. The molecule has 2 amide bonds. The SMILES string of the molecule is CCN1CCN(c2ccc(NC(=O)CN3CCN(C(=O)c4ccco4)CC3)cc2)CC1. The van der Waals surface area contributed by atoms with Gasteiger partial charge in [0.15, 0.2) is 5.76 Å². The van der Waals surface area contributed by atoms with E-state index < -0.39 is 0 Å².